The molecule has 0 radical (unpaired) electrons. The van der Waals surface area contributed by atoms with Crippen LogP contribution in [0.3, 0.4) is 0 Å². The fourth-order valence-electron chi connectivity index (χ4n) is 2.70. The van der Waals surface area contributed by atoms with Crippen molar-refractivity contribution < 1.29 is 18.8 Å². The number of aliphatic hydroxyl groups is 1. The average molecular weight is 444 g/mol. The molecule has 2 N–H and O–H groups in total. The van der Waals surface area contributed by atoms with Crippen LogP contribution in [-0.2, 0) is 15.9 Å². The third kappa shape index (κ3) is 4.15. The van der Waals surface area contributed by atoms with Crippen LogP contribution in [0.1, 0.15) is 33.3 Å². The summed E-state index contributed by atoms with van der Waals surface area (Å²) in [4.78, 5) is 0.582. The first-order valence-electron chi connectivity index (χ1n) is 8.71. The largest absolute Gasteiger partial charge is 0.497 e. The van der Waals surface area contributed by atoms with Crippen LogP contribution in [0.25, 0.3) is 0 Å². The SMILES string of the molecule is CC1(C)OB(c2cccc(NSc3cc(Cl)cc(CO)c3Cl)c2F)OC1(C)C. The minimum absolute atomic E-state index is 0.237. The van der Waals surface area contributed by atoms with Gasteiger partial charge in [-0.25, -0.2) is 4.39 Å². The number of anilines is 1. The molecule has 2 aromatic carbocycles. The summed E-state index contributed by atoms with van der Waals surface area (Å²) in [6, 6.07) is 8.22. The molecule has 1 saturated heterocycles. The topological polar surface area (TPSA) is 50.7 Å². The van der Waals surface area contributed by atoms with Gasteiger partial charge in [0.15, 0.2) is 0 Å². The molecular formula is C19H21BCl2FNO3S. The highest BCUT2D eigenvalue weighted by molar-refractivity contribution is 8.00. The molecule has 0 unspecified atom stereocenters. The van der Waals surface area contributed by atoms with Gasteiger partial charge in [-0.2, -0.15) is 0 Å². The summed E-state index contributed by atoms with van der Waals surface area (Å²) < 4.78 is 30.0. The molecule has 0 aliphatic carbocycles. The van der Waals surface area contributed by atoms with E-state index in [0.717, 1.165) is 11.9 Å². The molecule has 1 aliphatic rings. The van der Waals surface area contributed by atoms with Gasteiger partial charge in [0.1, 0.15) is 5.82 Å². The molecule has 3 rings (SSSR count). The standard InChI is InChI=1S/C19H21BCl2FNO3S/c1-18(2)19(3,4)27-20(26-18)13-6-5-7-14(17(13)23)24-28-15-9-12(21)8-11(10-25)16(15)22/h5-9,24-25H,10H2,1-4H3. The van der Waals surface area contributed by atoms with Crippen molar-refractivity contribution >= 4 is 53.4 Å². The Balaban J connectivity index is 1.83. The molecule has 4 nitrogen and oxygen atoms in total. The molecule has 150 valence electrons. The van der Waals surface area contributed by atoms with Crippen molar-refractivity contribution in [2.45, 2.75) is 50.4 Å². The van der Waals surface area contributed by atoms with Gasteiger partial charge >= 0.3 is 7.12 Å². The van der Waals surface area contributed by atoms with E-state index in [9.17, 15) is 5.11 Å². The lowest BCUT2D eigenvalue weighted by atomic mass is 9.78. The molecular weight excluding hydrogens is 423 g/mol. The van der Waals surface area contributed by atoms with Crippen LogP contribution in [0, 0.1) is 5.82 Å². The predicted molar refractivity (Wildman–Crippen MR) is 114 cm³/mol. The van der Waals surface area contributed by atoms with Gasteiger partial charge in [-0.3, -0.25) is 0 Å². The van der Waals surface area contributed by atoms with Crippen molar-refractivity contribution in [2.24, 2.45) is 0 Å². The van der Waals surface area contributed by atoms with E-state index in [4.69, 9.17) is 32.5 Å². The number of rotatable bonds is 5. The van der Waals surface area contributed by atoms with E-state index in [-0.39, 0.29) is 12.3 Å². The Morgan fingerprint density at radius 2 is 1.79 bits per heavy atom. The minimum atomic E-state index is -0.799. The van der Waals surface area contributed by atoms with Gasteiger partial charge in [-0.15, -0.1) is 0 Å². The summed E-state index contributed by atoms with van der Waals surface area (Å²) in [6.45, 7) is 7.44. The van der Waals surface area contributed by atoms with Crippen LogP contribution in [0.15, 0.2) is 35.2 Å². The molecule has 0 saturated carbocycles. The molecule has 0 bridgehead atoms. The first-order valence-corrected chi connectivity index (χ1v) is 10.3. The summed E-state index contributed by atoms with van der Waals surface area (Å²) >= 11 is 13.4. The van der Waals surface area contributed by atoms with Crippen LogP contribution in [-0.4, -0.2) is 23.4 Å². The average Bonchev–Trinajstić information content (AvgIpc) is 2.83. The minimum Gasteiger partial charge on any atom is -0.399 e. The summed E-state index contributed by atoms with van der Waals surface area (Å²) in [5, 5.41) is 10.2. The summed E-state index contributed by atoms with van der Waals surface area (Å²) in [5.74, 6) is -0.464. The van der Waals surface area contributed by atoms with Gasteiger partial charge in [0.25, 0.3) is 0 Å². The number of benzene rings is 2. The van der Waals surface area contributed by atoms with Crippen LogP contribution < -0.4 is 10.2 Å². The lowest BCUT2D eigenvalue weighted by Crippen LogP contribution is -2.41. The number of aliphatic hydroxyl groups excluding tert-OH is 1. The van der Waals surface area contributed by atoms with E-state index in [1.165, 1.54) is 0 Å². The fraction of sp³-hybridized carbons (Fsp3) is 0.368. The third-order valence-electron chi connectivity index (χ3n) is 5.06. The maximum Gasteiger partial charge on any atom is 0.497 e. The number of halogens is 3. The van der Waals surface area contributed by atoms with E-state index in [1.54, 1.807) is 30.3 Å². The lowest BCUT2D eigenvalue weighted by Gasteiger charge is -2.32. The Kier molecular flexibility index (Phi) is 6.25. The second-order valence-corrected chi connectivity index (χ2v) is 9.20. The molecule has 0 atom stereocenters. The van der Waals surface area contributed by atoms with Crippen LogP contribution >= 0.6 is 35.1 Å². The second kappa shape index (κ2) is 8.05. The van der Waals surface area contributed by atoms with E-state index in [1.807, 2.05) is 27.7 Å². The molecule has 2 aromatic rings. The van der Waals surface area contributed by atoms with Gasteiger partial charge < -0.3 is 19.1 Å². The van der Waals surface area contributed by atoms with Crippen molar-refractivity contribution in [1.29, 1.82) is 0 Å². The molecule has 9 heteroatoms. The van der Waals surface area contributed by atoms with Crippen molar-refractivity contribution in [1.82, 2.24) is 0 Å². The van der Waals surface area contributed by atoms with Crippen LogP contribution in [0.4, 0.5) is 10.1 Å². The maximum atomic E-state index is 15.1. The van der Waals surface area contributed by atoms with Gasteiger partial charge in [-0.05, 0) is 63.4 Å². The number of hydrogen-bond acceptors (Lipinski definition) is 5. The highest BCUT2D eigenvalue weighted by atomic mass is 35.5. The Labute approximate surface area is 179 Å². The number of nitrogens with one attached hydrogen (secondary N) is 1. The smallest absolute Gasteiger partial charge is 0.399 e. The van der Waals surface area contributed by atoms with Crippen molar-refractivity contribution in [2.75, 3.05) is 4.72 Å². The second-order valence-electron chi connectivity index (χ2n) is 7.54. The molecule has 1 heterocycles. The molecule has 0 aromatic heterocycles. The van der Waals surface area contributed by atoms with E-state index in [2.05, 4.69) is 4.72 Å². The first kappa shape index (κ1) is 21.7. The summed E-state index contributed by atoms with van der Waals surface area (Å²) in [7, 11) is -0.799. The number of hydrogen-bond donors (Lipinski definition) is 2. The zero-order valence-corrected chi connectivity index (χ0v) is 18.3. The Bertz CT molecular complexity index is 882. The zero-order valence-electron chi connectivity index (χ0n) is 16.0. The highest BCUT2D eigenvalue weighted by Crippen LogP contribution is 2.37. The van der Waals surface area contributed by atoms with Crippen molar-refractivity contribution in [3.8, 4) is 0 Å². The first-order chi connectivity index (χ1) is 13.1. The molecule has 1 fully saturated rings. The molecule has 1 aliphatic heterocycles. The molecule has 28 heavy (non-hydrogen) atoms. The summed E-state index contributed by atoms with van der Waals surface area (Å²) in [5.41, 5.74) is -0.0320. The Morgan fingerprint density at radius 3 is 2.39 bits per heavy atom. The third-order valence-corrected chi connectivity index (χ3v) is 6.70. The molecule has 0 amide bonds. The summed E-state index contributed by atoms with van der Waals surface area (Å²) in [6.07, 6.45) is 0. The van der Waals surface area contributed by atoms with E-state index >= 15 is 4.39 Å². The fourth-order valence-corrected chi connectivity index (χ4v) is 4.07. The lowest BCUT2D eigenvalue weighted by molar-refractivity contribution is 0.00578. The van der Waals surface area contributed by atoms with Gasteiger partial charge in [0.05, 0.1) is 28.5 Å². The quantitative estimate of drug-likeness (QED) is 0.500. The van der Waals surface area contributed by atoms with E-state index < -0.39 is 24.1 Å². The van der Waals surface area contributed by atoms with Crippen molar-refractivity contribution in [3.05, 3.63) is 51.8 Å². The van der Waals surface area contributed by atoms with Gasteiger partial charge in [0.2, 0.25) is 0 Å². The highest BCUT2D eigenvalue weighted by Gasteiger charge is 2.52. The monoisotopic (exact) mass is 443 g/mol. The van der Waals surface area contributed by atoms with Crippen LogP contribution in [0.5, 0.6) is 0 Å². The van der Waals surface area contributed by atoms with Crippen molar-refractivity contribution in [3.63, 3.8) is 0 Å². The Hall–Kier alpha value is -0.955. The Morgan fingerprint density at radius 1 is 1.14 bits per heavy atom. The normalized spacial score (nSPS) is 17.8. The van der Waals surface area contributed by atoms with Gasteiger partial charge in [0, 0.05) is 15.4 Å². The van der Waals surface area contributed by atoms with Gasteiger partial charge in [-0.1, -0.05) is 35.3 Å². The van der Waals surface area contributed by atoms with E-state index in [0.29, 0.717) is 26.0 Å². The maximum absolute atomic E-state index is 15.1. The molecule has 0 spiro atoms. The zero-order chi connectivity index (χ0) is 20.7. The predicted octanol–water partition coefficient (Wildman–Crippen LogP) is 5.04. The van der Waals surface area contributed by atoms with Crippen LogP contribution in [0.2, 0.25) is 10.0 Å².